The van der Waals surface area contributed by atoms with Gasteiger partial charge in [0.1, 0.15) is 30.4 Å². The summed E-state index contributed by atoms with van der Waals surface area (Å²) in [6.07, 6.45) is 1.48. The lowest BCUT2D eigenvalue weighted by Gasteiger charge is -2.27. The lowest BCUT2D eigenvalue weighted by molar-refractivity contribution is -0.437. The van der Waals surface area contributed by atoms with E-state index in [4.69, 9.17) is 10.2 Å². The molecule has 0 radical (unpaired) electrons. The second-order valence-electron chi connectivity index (χ2n) is 14.9. The van der Waals surface area contributed by atoms with Gasteiger partial charge in [0.05, 0.1) is 23.9 Å². The summed E-state index contributed by atoms with van der Waals surface area (Å²) >= 11 is 0. The maximum Gasteiger partial charge on any atom is 0.405 e. The van der Waals surface area contributed by atoms with Gasteiger partial charge in [0.25, 0.3) is 29.5 Å². The molecule has 3 aliphatic heterocycles. The van der Waals surface area contributed by atoms with Gasteiger partial charge < -0.3 is 31.4 Å². The van der Waals surface area contributed by atoms with Gasteiger partial charge in [-0.1, -0.05) is 16.0 Å². The van der Waals surface area contributed by atoms with Gasteiger partial charge in [-0.25, -0.2) is 9.97 Å². The van der Waals surface area contributed by atoms with Crippen molar-refractivity contribution in [2.24, 2.45) is 10.8 Å². The number of hydrogen-bond donors (Lipinski definition) is 6. The molecule has 2 unspecified atom stereocenters. The number of aryl methyl sites for hydroxylation is 1. The number of aromatic nitrogens is 5. The van der Waals surface area contributed by atoms with Gasteiger partial charge in [0.15, 0.2) is 11.7 Å². The van der Waals surface area contributed by atoms with E-state index in [2.05, 4.69) is 52.0 Å². The molecular formula is C41H36F3N14O8+. The molecule has 7 amide bonds. The largest absolute Gasteiger partial charge is 0.444 e. The lowest BCUT2D eigenvalue weighted by atomic mass is 10.0. The molecule has 8 rings (SSSR count). The van der Waals surface area contributed by atoms with Gasteiger partial charge in [-0.15, -0.1) is 5.10 Å². The molecule has 1 fully saturated rings. The number of nitrogens with zero attached hydrogens (tertiary/aromatic N) is 8. The van der Waals surface area contributed by atoms with Crippen molar-refractivity contribution in [3.8, 4) is 11.5 Å². The van der Waals surface area contributed by atoms with Crippen molar-refractivity contribution in [3.63, 3.8) is 0 Å². The number of carbonyl (C=O) groups excluding carboxylic acids is 7. The van der Waals surface area contributed by atoms with Crippen LogP contribution < -0.4 is 32.3 Å². The number of imide groups is 2. The molecule has 22 nitrogen and oxygen atoms in total. The van der Waals surface area contributed by atoms with E-state index in [0.717, 1.165) is 11.2 Å². The van der Waals surface area contributed by atoms with E-state index < -0.39 is 66.2 Å². The molecule has 5 aromatic rings. The minimum atomic E-state index is -4.47. The third-order valence-electron chi connectivity index (χ3n) is 10.3. The van der Waals surface area contributed by atoms with E-state index in [1.54, 1.807) is 35.1 Å². The Balaban J connectivity index is 0.810. The number of oxazole rings is 1. The lowest BCUT2D eigenvalue weighted by Crippen LogP contribution is -2.54. The topological polar surface area (TPSA) is 294 Å². The third kappa shape index (κ3) is 9.63. The van der Waals surface area contributed by atoms with Crippen molar-refractivity contribution in [1.29, 1.82) is 0 Å². The van der Waals surface area contributed by atoms with Gasteiger partial charge in [0.2, 0.25) is 35.3 Å². The number of rotatable bonds is 16. The fourth-order valence-electron chi connectivity index (χ4n) is 7.15. The minimum Gasteiger partial charge on any atom is -0.444 e. The number of fused-ring (bicyclic) bond motifs is 1. The number of nitrogens with two attached hydrogens (primary N) is 1. The maximum absolute atomic E-state index is 13.3. The quantitative estimate of drug-likeness (QED) is 0.0465. The number of hydrazone groups is 1. The average molecular weight is 910 g/mol. The Morgan fingerprint density at radius 2 is 1.80 bits per heavy atom. The summed E-state index contributed by atoms with van der Waals surface area (Å²) in [6.45, 7) is -0.451. The van der Waals surface area contributed by atoms with Crippen LogP contribution in [0.4, 0.5) is 30.4 Å². The number of anilines is 2. The first-order chi connectivity index (χ1) is 31.6. The first-order valence-corrected chi connectivity index (χ1v) is 20.0. The Bertz CT molecular complexity index is 2860. The average Bonchev–Trinajstić information content (AvgIpc) is 4.11. The number of amides is 7. The number of carbonyl (C=O) groups is 7. The molecule has 0 saturated carbocycles. The van der Waals surface area contributed by atoms with Crippen LogP contribution in [0.25, 0.3) is 11.5 Å². The molecule has 338 valence electrons. The van der Waals surface area contributed by atoms with Gasteiger partial charge in [-0.2, -0.15) is 13.2 Å². The standard InChI is InChI=1S/C41H35F3N14O8/c42-41(43,44)20-49-30-15-22(11-13-47-30)38-51-28(19-66-38)36(62)50-27-18-57(54-33(27)34(45)60)24-7-5-21(6-8-24)35(61)48-16-23-17-56(55-53-23)14-2-12-46-26-4-1-3-25-32(26)40(65)58(39(25)64)29-9-10-31(59)52-37(29)63/h1,3-8,11,13,15,17-19,27,29H,2,9-10,12,14,16,20H2,(H6-,45,46,47,48,49,50,52,59,60,61,62,63,65)/p+1. The summed E-state index contributed by atoms with van der Waals surface area (Å²) in [5.74, 6) is -4.65. The molecule has 0 bridgehead atoms. The van der Waals surface area contributed by atoms with Gasteiger partial charge in [-0.05, 0) is 49.2 Å². The first-order valence-electron chi connectivity index (χ1n) is 20.0. The Labute approximate surface area is 369 Å². The molecule has 2 aromatic carbocycles. The predicted octanol–water partition coefficient (Wildman–Crippen LogP) is 1.50. The molecule has 0 aliphatic carbocycles. The fourth-order valence-corrected chi connectivity index (χ4v) is 7.15. The molecule has 3 aliphatic rings. The van der Waals surface area contributed by atoms with Crippen molar-refractivity contribution in [2.75, 3.05) is 23.7 Å². The number of halogens is 3. The molecule has 25 heteroatoms. The van der Waals surface area contributed by atoms with Crippen LogP contribution in [0.3, 0.4) is 0 Å². The number of benzene rings is 2. The van der Waals surface area contributed by atoms with Crippen LogP contribution in [0.1, 0.15) is 66.5 Å². The van der Waals surface area contributed by atoms with Crippen LogP contribution in [0.5, 0.6) is 0 Å². The molecule has 3 aromatic heterocycles. The van der Waals surface area contributed by atoms with Crippen LogP contribution in [0.2, 0.25) is 0 Å². The van der Waals surface area contributed by atoms with E-state index in [1.165, 1.54) is 47.4 Å². The number of hydrogen-bond acceptors (Lipinski definition) is 15. The Kier molecular flexibility index (Phi) is 12.1. The van der Waals surface area contributed by atoms with Crippen molar-refractivity contribution >= 4 is 70.5 Å². The van der Waals surface area contributed by atoms with Crippen molar-refractivity contribution in [1.82, 2.24) is 45.8 Å². The van der Waals surface area contributed by atoms with E-state index in [1.807, 2.05) is 0 Å². The zero-order valence-electron chi connectivity index (χ0n) is 34.2. The number of piperidine rings is 1. The molecule has 0 spiro atoms. The van der Waals surface area contributed by atoms with Gasteiger partial charge in [0, 0.05) is 59.8 Å². The Hall–Kier alpha value is -8.64. The summed E-state index contributed by atoms with van der Waals surface area (Å²) in [7, 11) is 0. The molecule has 7 N–H and O–H groups in total. The van der Waals surface area contributed by atoms with Crippen LogP contribution >= 0.6 is 0 Å². The molecule has 2 atom stereocenters. The second kappa shape index (κ2) is 18.2. The maximum atomic E-state index is 13.3. The van der Waals surface area contributed by atoms with Crippen molar-refractivity contribution < 1.29 is 55.8 Å². The molecular weight excluding hydrogens is 874 g/mol. The van der Waals surface area contributed by atoms with Crippen molar-refractivity contribution in [3.05, 3.63) is 101 Å². The van der Waals surface area contributed by atoms with E-state index in [0.29, 0.717) is 36.6 Å². The third-order valence-corrected chi connectivity index (χ3v) is 10.3. The number of primary amides is 1. The van der Waals surface area contributed by atoms with Crippen LogP contribution in [0.15, 0.2) is 82.8 Å². The molecule has 1 saturated heterocycles. The molecule has 66 heavy (non-hydrogen) atoms. The summed E-state index contributed by atoms with van der Waals surface area (Å²) in [5.41, 5.74) is 7.32. The zero-order valence-corrected chi connectivity index (χ0v) is 34.2. The summed E-state index contributed by atoms with van der Waals surface area (Å²) in [6, 6.07) is 11.5. The molecule has 6 heterocycles. The normalized spacial score (nSPS) is 16.9. The second-order valence-corrected chi connectivity index (χ2v) is 14.9. The van der Waals surface area contributed by atoms with Crippen molar-refractivity contribution in [2.45, 2.75) is 50.6 Å². The van der Waals surface area contributed by atoms with Crippen LogP contribution in [0, 0.1) is 0 Å². The van der Waals surface area contributed by atoms with Crippen LogP contribution in [-0.2, 0) is 27.5 Å². The highest BCUT2D eigenvalue weighted by molar-refractivity contribution is 6.44. The Morgan fingerprint density at radius 1 is 1.00 bits per heavy atom. The smallest absolute Gasteiger partial charge is 0.405 e. The highest BCUT2D eigenvalue weighted by atomic mass is 19.4. The monoisotopic (exact) mass is 909 g/mol. The highest BCUT2D eigenvalue weighted by Gasteiger charge is 2.45. The van der Waals surface area contributed by atoms with Gasteiger partial charge >= 0.3 is 6.18 Å². The van der Waals surface area contributed by atoms with Crippen LogP contribution in [-0.4, -0.2) is 119 Å². The highest BCUT2D eigenvalue weighted by Crippen LogP contribution is 2.32. The summed E-state index contributed by atoms with van der Waals surface area (Å²) in [4.78, 5) is 97.8. The number of alkyl halides is 3. The van der Waals surface area contributed by atoms with E-state index >= 15 is 0 Å². The minimum absolute atomic E-state index is 0.0179. The summed E-state index contributed by atoms with van der Waals surface area (Å²) < 4.78 is 46.1. The zero-order chi connectivity index (χ0) is 46.7. The van der Waals surface area contributed by atoms with E-state index in [-0.39, 0.29) is 64.8 Å². The SMILES string of the molecule is NC(=O)C1=N[N+](c2ccc(C(=O)NCc3cn(CCCNc4cccc5c4C(=O)N(C4CCC(=O)NC4=O)C5=O)nn3)cc2)=CC1NC(=O)c1coc(-c2ccnc(NCC(F)(F)F)c2)n1. The summed E-state index contributed by atoms with van der Waals surface area (Å²) in [5, 5.41) is 25.3. The number of nitrogens with one attached hydrogen (secondary N) is 5. The Morgan fingerprint density at radius 3 is 2.56 bits per heavy atom. The first kappa shape index (κ1) is 44.0. The predicted molar refractivity (Wildman–Crippen MR) is 222 cm³/mol. The fraction of sp³-hybridized carbons (Fsp3) is 0.244. The van der Waals surface area contributed by atoms with E-state index in [9.17, 15) is 46.7 Å². The van der Waals surface area contributed by atoms with Gasteiger partial charge in [-0.3, -0.25) is 48.5 Å². The number of pyridine rings is 1.